The summed E-state index contributed by atoms with van der Waals surface area (Å²) < 4.78 is 0.985. The van der Waals surface area contributed by atoms with Crippen LogP contribution in [-0.4, -0.2) is 22.9 Å². The minimum Gasteiger partial charge on any atom is -0.399 e. The summed E-state index contributed by atoms with van der Waals surface area (Å²) in [7, 11) is 0. The summed E-state index contributed by atoms with van der Waals surface area (Å²) in [5.41, 5.74) is 7.07. The Labute approximate surface area is 117 Å². The van der Waals surface area contributed by atoms with Crippen molar-refractivity contribution in [2.45, 2.75) is 39.8 Å². The zero-order valence-corrected chi connectivity index (χ0v) is 12.9. The molecule has 17 heavy (non-hydrogen) atoms. The average Bonchev–Trinajstić information content (AvgIpc) is 2.14. The van der Waals surface area contributed by atoms with E-state index in [0.717, 1.165) is 3.57 Å². The lowest BCUT2D eigenvalue weighted by Crippen LogP contribution is -2.42. The van der Waals surface area contributed by atoms with Crippen molar-refractivity contribution in [3.63, 3.8) is 0 Å². The molecule has 1 amide bonds. The molecular formula is C13H19IN2O. The van der Waals surface area contributed by atoms with Gasteiger partial charge in [-0.2, -0.15) is 0 Å². The first-order chi connectivity index (χ1) is 7.82. The summed E-state index contributed by atoms with van der Waals surface area (Å²) >= 11 is 2.17. The van der Waals surface area contributed by atoms with Crippen LogP contribution in [0.1, 0.15) is 38.1 Å². The standard InChI is InChI=1S/C13H19IN2O/c1-8(2)16(9(3)4)13(17)10-5-11(14)7-12(15)6-10/h5-9H,15H2,1-4H3. The van der Waals surface area contributed by atoms with Crippen LogP contribution in [0, 0.1) is 3.57 Å². The second kappa shape index (κ2) is 5.71. The van der Waals surface area contributed by atoms with E-state index in [0.29, 0.717) is 11.3 Å². The molecule has 4 heteroatoms. The molecule has 0 spiro atoms. The fourth-order valence-corrected chi connectivity index (χ4v) is 2.65. The van der Waals surface area contributed by atoms with Gasteiger partial charge >= 0.3 is 0 Å². The number of anilines is 1. The van der Waals surface area contributed by atoms with Crippen molar-refractivity contribution < 1.29 is 4.79 Å². The van der Waals surface area contributed by atoms with Crippen molar-refractivity contribution in [3.8, 4) is 0 Å². The second-order valence-electron chi connectivity index (χ2n) is 4.67. The molecule has 0 saturated carbocycles. The van der Waals surface area contributed by atoms with E-state index >= 15 is 0 Å². The maximum absolute atomic E-state index is 12.4. The molecule has 2 N–H and O–H groups in total. The van der Waals surface area contributed by atoms with E-state index in [-0.39, 0.29) is 18.0 Å². The average molecular weight is 346 g/mol. The van der Waals surface area contributed by atoms with E-state index in [4.69, 9.17) is 5.73 Å². The normalized spacial score (nSPS) is 11.0. The van der Waals surface area contributed by atoms with E-state index in [1.54, 1.807) is 6.07 Å². The minimum atomic E-state index is 0.0419. The number of carbonyl (C=O) groups is 1. The Balaban J connectivity index is 3.09. The van der Waals surface area contributed by atoms with E-state index in [2.05, 4.69) is 22.6 Å². The van der Waals surface area contributed by atoms with Gasteiger partial charge in [-0.25, -0.2) is 0 Å². The number of hydrogen-bond donors (Lipinski definition) is 1. The number of hydrogen-bond acceptors (Lipinski definition) is 2. The second-order valence-corrected chi connectivity index (χ2v) is 5.92. The topological polar surface area (TPSA) is 46.3 Å². The Bertz CT molecular complexity index is 388. The highest BCUT2D eigenvalue weighted by Gasteiger charge is 2.21. The van der Waals surface area contributed by atoms with Crippen LogP contribution >= 0.6 is 22.6 Å². The highest BCUT2D eigenvalue weighted by atomic mass is 127. The van der Waals surface area contributed by atoms with Gasteiger partial charge in [0.1, 0.15) is 0 Å². The molecule has 0 radical (unpaired) electrons. The van der Waals surface area contributed by atoms with Crippen LogP contribution in [0.25, 0.3) is 0 Å². The zero-order chi connectivity index (χ0) is 13.2. The summed E-state index contributed by atoms with van der Waals surface area (Å²) in [6.07, 6.45) is 0. The predicted molar refractivity (Wildman–Crippen MR) is 80.0 cm³/mol. The molecule has 0 heterocycles. The van der Waals surface area contributed by atoms with Gasteiger partial charge in [-0.3, -0.25) is 4.79 Å². The summed E-state index contributed by atoms with van der Waals surface area (Å²) in [6, 6.07) is 5.83. The lowest BCUT2D eigenvalue weighted by atomic mass is 10.1. The number of amides is 1. The number of nitrogen functional groups attached to an aromatic ring is 1. The number of halogens is 1. The van der Waals surface area contributed by atoms with Crippen LogP contribution in [-0.2, 0) is 0 Å². The quantitative estimate of drug-likeness (QED) is 0.675. The summed E-state index contributed by atoms with van der Waals surface area (Å²) in [4.78, 5) is 14.3. The van der Waals surface area contributed by atoms with Crippen LogP contribution in [0.2, 0.25) is 0 Å². The minimum absolute atomic E-state index is 0.0419. The van der Waals surface area contributed by atoms with Gasteiger partial charge in [0.25, 0.3) is 5.91 Å². The third kappa shape index (κ3) is 3.59. The van der Waals surface area contributed by atoms with Crippen molar-refractivity contribution in [1.29, 1.82) is 0 Å². The third-order valence-electron chi connectivity index (χ3n) is 2.51. The Morgan fingerprint density at radius 3 is 2.12 bits per heavy atom. The molecule has 1 aromatic rings. The molecule has 0 unspecified atom stereocenters. The number of nitrogens with zero attached hydrogens (tertiary/aromatic N) is 1. The monoisotopic (exact) mass is 346 g/mol. The Hall–Kier alpha value is -0.780. The largest absolute Gasteiger partial charge is 0.399 e. The van der Waals surface area contributed by atoms with E-state index in [1.165, 1.54) is 0 Å². The lowest BCUT2D eigenvalue weighted by Gasteiger charge is -2.31. The molecular weight excluding hydrogens is 327 g/mol. The van der Waals surface area contributed by atoms with Crippen molar-refractivity contribution in [1.82, 2.24) is 4.90 Å². The molecule has 1 rings (SSSR count). The molecule has 0 aliphatic rings. The molecule has 3 nitrogen and oxygen atoms in total. The molecule has 0 saturated heterocycles. The zero-order valence-electron chi connectivity index (χ0n) is 10.7. The number of carbonyl (C=O) groups excluding carboxylic acids is 1. The van der Waals surface area contributed by atoms with Gasteiger partial charge < -0.3 is 10.6 Å². The lowest BCUT2D eigenvalue weighted by molar-refractivity contribution is 0.0643. The highest BCUT2D eigenvalue weighted by molar-refractivity contribution is 14.1. The van der Waals surface area contributed by atoms with Crippen LogP contribution < -0.4 is 5.73 Å². The molecule has 0 atom stereocenters. The molecule has 0 aromatic heterocycles. The Kier molecular flexibility index (Phi) is 4.80. The first-order valence-electron chi connectivity index (χ1n) is 5.71. The van der Waals surface area contributed by atoms with Crippen molar-refractivity contribution in [2.75, 3.05) is 5.73 Å². The van der Waals surface area contributed by atoms with E-state index in [1.807, 2.05) is 44.7 Å². The van der Waals surface area contributed by atoms with Crippen LogP contribution in [0.3, 0.4) is 0 Å². The van der Waals surface area contributed by atoms with Gasteiger partial charge in [0.05, 0.1) is 0 Å². The van der Waals surface area contributed by atoms with Gasteiger partial charge in [-0.1, -0.05) is 0 Å². The smallest absolute Gasteiger partial charge is 0.254 e. The van der Waals surface area contributed by atoms with Gasteiger partial charge in [0.2, 0.25) is 0 Å². The fraction of sp³-hybridized carbons (Fsp3) is 0.462. The third-order valence-corrected chi connectivity index (χ3v) is 3.14. The maximum Gasteiger partial charge on any atom is 0.254 e. The summed E-state index contributed by atoms with van der Waals surface area (Å²) in [5.74, 6) is 0.0419. The molecule has 0 bridgehead atoms. The van der Waals surface area contributed by atoms with E-state index < -0.39 is 0 Å². The number of nitrogens with two attached hydrogens (primary N) is 1. The molecule has 0 aliphatic heterocycles. The molecule has 0 fully saturated rings. The van der Waals surface area contributed by atoms with Crippen molar-refractivity contribution >= 4 is 34.2 Å². The fourth-order valence-electron chi connectivity index (χ4n) is 1.95. The van der Waals surface area contributed by atoms with Crippen LogP contribution in [0.4, 0.5) is 5.69 Å². The summed E-state index contributed by atoms with van der Waals surface area (Å²) in [6.45, 7) is 8.09. The Morgan fingerprint density at radius 1 is 1.18 bits per heavy atom. The predicted octanol–water partition coefficient (Wildman–Crippen LogP) is 3.13. The maximum atomic E-state index is 12.4. The van der Waals surface area contributed by atoms with Gasteiger partial charge in [0, 0.05) is 26.9 Å². The SMILES string of the molecule is CC(C)N(C(=O)c1cc(N)cc(I)c1)C(C)C. The number of benzene rings is 1. The van der Waals surface area contributed by atoms with Gasteiger partial charge in [-0.15, -0.1) is 0 Å². The number of rotatable bonds is 3. The van der Waals surface area contributed by atoms with Gasteiger partial charge in [0.15, 0.2) is 0 Å². The van der Waals surface area contributed by atoms with Crippen molar-refractivity contribution in [3.05, 3.63) is 27.3 Å². The Morgan fingerprint density at radius 2 is 1.71 bits per heavy atom. The molecule has 94 valence electrons. The molecule has 0 aliphatic carbocycles. The first kappa shape index (κ1) is 14.3. The highest BCUT2D eigenvalue weighted by Crippen LogP contribution is 2.18. The van der Waals surface area contributed by atoms with Crippen LogP contribution in [0.5, 0.6) is 0 Å². The van der Waals surface area contributed by atoms with Crippen molar-refractivity contribution in [2.24, 2.45) is 0 Å². The van der Waals surface area contributed by atoms with Crippen LogP contribution in [0.15, 0.2) is 18.2 Å². The first-order valence-corrected chi connectivity index (χ1v) is 6.79. The molecule has 1 aromatic carbocycles. The van der Waals surface area contributed by atoms with E-state index in [9.17, 15) is 4.79 Å². The summed E-state index contributed by atoms with van der Waals surface area (Å²) in [5, 5.41) is 0. The van der Waals surface area contributed by atoms with Gasteiger partial charge in [-0.05, 0) is 68.5 Å².